The Morgan fingerprint density at radius 1 is 1.19 bits per heavy atom. The van der Waals surface area contributed by atoms with E-state index >= 15 is 0 Å². The first-order valence-electron chi connectivity index (χ1n) is 7.80. The van der Waals surface area contributed by atoms with Crippen molar-refractivity contribution in [1.82, 2.24) is 24.6 Å². The molecule has 3 heterocycles. The van der Waals surface area contributed by atoms with Crippen molar-refractivity contribution in [3.05, 3.63) is 36.0 Å². The van der Waals surface area contributed by atoms with Crippen molar-refractivity contribution in [3.63, 3.8) is 0 Å². The van der Waals surface area contributed by atoms with Crippen LogP contribution in [0.1, 0.15) is 43.6 Å². The summed E-state index contributed by atoms with van der Waals surface area (Å²) in [7, 11) is 0. The van der Waals surface area contributed by atoms with Crippen LogP contribution in [0, 0.1) is 6.92 Å². The van der Waals surface area contributed by atoms with Gasteiger partial charge in [0.05, 0.1) is 0 Å². The van der Waals surface area contributed by atoms with Crippen molar-refractivity contribution in [2.75, 3.05) is 19.6 Å². The summed E-state index contributed by atoms with van der Waals surface area (Å²) in [4.78, 5) is 11.6. The van der Waals surface area contributed by atoms with E-state index in [9.17, 15) is 0 Å². The fraction of sp³-hybridized carbons (Fsp3) is 0.562. The molecule has 0 aromatic carbocycles. The molecule has 0 spiro atoms. The van der Waals surface area contributed by atoms with E-state index in [1.54, 1.807) is 6.33 Å². The first-order valence-corrected chi connectivity index (χ1v) is 7.80. The normalized spacial score (nSPS) is 17.8. The van der Waals surface area contributed by atoms with Gasteiger partial charge in [0.1, 0.15) is 12.2 Å². The Labute approximate surface area is 126 Å². The number of piperidine rings is 1. The molecule has 1 atom stereocenters. The third kappa shape index (κ3) is 3.29. The number of aromatic nitrogens is 4. The van der Waals surface area contributed by atoms with E-state index in [0.717, 1.165) is 23.9 Å². The van der Waals surface area contributed by atoms with Crippen LogP contribution in [-0.2, 0) is 0 Å². The van der Waals surface area contributed by atoms with E-state index in [2.05, 4.69) is 26.9 Å². The number of hydrogen-bond acceptors (Lipinski definition) is 4. The topological polar surface area (TPSA) is 46.8 Å². The lowest BCUT2D eigenvalue weighted by Gasteiger charge is -2.28. The number of likely N-dealkylation sites (tertiary alicyclic amines) is 1. The highest BCUT2D eigenvalue weighted by molar-refractivity contribution is 5.25. The largest absolute Gasteiger partial charge is 0.303 e. The number of pyridine rings is 1. The highest BCUT2D eigenvalue weighted by Crippen LogP contribution is 2.19. The summed E-state index contributed by atoms with van der Waals surface area (Å²) in [6.07, 6.45) is 5.64. The molecule has 112 valence electrons. The van der Waals surface area contributed by atoms with Crippen LogP contribution in [0.3, 0.4) is 0 Å². The van der Waals surface area contributed by atoms with Gasteiger partial charge in [-0.15, -0.1) is 0 Å². The maximum atomic E-state index is 4.55. The van der Waals surface area contributed by atoms with Gasteiger partial charge in [-0.2, -0.15) is 9.78 Å². The van der Waals surface area contributed by atoms with Gasteiger partial charge in [-0.3, -0.25) is 0 Å². The molecule has 0 bridgehead atoms. The molecule has 3 rings (SSSR count). The first kappa shape index (κ1) is 14.2. The monoisotopic (exact) mass is 285 g/mol. The average molecular weight is 285 g/mol. The van der Waals surface area contributed by atoms with E-state index in [0.29, 0.717) is 5.92 Å². The number of rotatable bonds is 4. The van der Waals surface area contributed by atoms with Gasteiger partial charge in [0.2, 0.25) is 0 Å². The van der Waals surface area contributed by atoms with E-state index in [-0.39, 0.29) is 0 Å². The smallest absolute Gasteiger partial charge is 0.155 e. The molecule has 0 unspecified atom stereocenters. The summed E-state index contributed by atoms with van der Waals surface area (Å²) in [5, 5.41) is 4.37. The van der Waals surface area contributed by atoms with Crippen LogP contribution in [0.25, 0.3) is 5.82 Å². The van der Waals surface area contributed by atoms with E-state index in [1.807, 2.05) is 29.8 Å². The van der Waals surface area contributed by atoms with Gasteiger partial charge in [-0.05, 0) is 45.0 Å². The van der Waals surface area contributed by atoms with Gasteiger partial charge in [0, 0.05) is 18.2 Å². The highest BCUT2D eigenvalue weighted by atomic mass is 15.4. The van der Waals surface area contributed by atoms with Crippen LogP contribution >= 0.6 is 0 Å². The minimum absolute atomic E-state index is 0.355. The fourth-order valence-corrected chi connectivity index (χ4v) is 3.02. The summed E-state index contributed by atoms with van der Waals surface area (Å²) < 4.78 is 1.88. The van der Waals surface area contributed by atoms with Crippen molar-refractivity contribution in [2.45, 2.75) is 39.0 Å². The minimum atomic E-state index is 0.355. The van der Waals surface area contributed by atoms with Crippen LogP contribution in [0.4, 0.5) is 0 Å². The summed E-state index contributed by atoms with van der Waals surface area (Å²) in [5.41, 5.74) is 0.998. The molecule has 0 saturated carbocycles. The molecule has 1 fully saturated rings. The molecule has 1 saturated heterocycles. The highest BCUT2D eigenvalue weighted by Gasteiger charge is 2.19. The molecule has 2 aromatic rings. The summed E-state index contributed by atoms with van der Waals surface area (Å²) in [6, 6.07) is 5.99. The lowest BCUT2D eigenvalue weighted by molar-refractivity contribution is 0.216. The third-order valence-electron chi connectivity index (χ3n) is 4.09. The predicted molar refractivity (Wildman–Crippen MR) is 82.6 cm³/mol. The Kier molecular flexibility index (Phi) is 4.29. The lowest BCUT2D eigenvalue weighted by atomic mass is 10.1. The summed E-state index contributed by atoms with van der Waals surface area (Å²) >= 11 is 0. The van der Waals surface area contributed by atoms with Crippen LogP contribution in [0.15, 0.2) is 24.5 Å². The molecule has 0 radical (unpaired) electrons. The van der Waals surface area contributed by atoms with Gasteiger partial charge >= 0.3 is 0 Å². The van der Waals surface area contributed by atoms with Gasteiger partial charge in [0.25, 0.3) is 0 Å². The van der Waals surface area contributed by atoms with Crippen molar-refractivity contribution >= 4 is 0 Å². The second kappa shape index (κ2) is 6.35. The van der Waals surface area contributed by atoms with E-state index in [4.69, 9.17) is 0 Å². The molecule has 5 nitrogen and oxygen atoms in total. The quantitative estimate of drug-likeness (QED) is 0.866. The molecular weight excluding hydrogens is 262 g/mol. The van der Waals surface area contributed by atoms with Gasteiger partial charge in [-0.25, -0.2) is 9.97 Å². The van der Waals surface area contributed by atoms with Crippen LogP contribution in [-0.4, -0.2) is 44.3 Å². The molecular formula is C16H23N5. The zero-order chi connectivity index (χ0) is 14.7. The zero-order valence-electron chi connectivity index (χ0n) is 12.9. The molecule has 1 aliphatic rings. The average Bonchev–Trinajstić information content (AvgIpc) is 2.98. The SMILES string of the molecule is Cc1cccc(-n2ncnc2[C@H](C)CN2CCCCC2)n1. The third-order valence-corrected chi connectivity index (χ3v) is 4.09. The van der Waals surface area contributed by atoms with E-state index in [1.165, 1.54) is 32.4 Å². The lowest BCUT2D eigenvalue weighted by Crippen LogP contribution is -2.33. The number of aryl methyl sites for hydroxylation is 1. The molecule has 21 heavy (non-hydrogen) atoms. The second-order valence-corrected chi connectivity index (χ2v) is 5.93. The van der Waals surface area contributed by atoms with Gasteiger partial charge in [0.15, 0.2) is 5.82 Å². The first-order chi connectivity index (χ1) is 10.2. The predicted octanol–water partition coefficient (Wildman–Crippen LogP) is 2.56. The van der Waals surface area contributed by atoms with Gasteiger partial charge in [-0.1, -0.05) is 19.4 Å². The van der Waals surface area contributed by atoms with Crippen molar-refractivity contribution in [2.24, 2.45) is 0 Å². The molecule has 0 N–H and O–H groups in total. The summed E-state index contributed by atoms with van der Waals surface area (Å²) in [5.74, 6) is 2.21. The van der Waals surface area contributed by atoms with Crippen molar-refractivity contribution in [3.8, 4) is 5.82 Å². The summed E-state index contributed by atoms with van der Waals surface area (Å²) in [6.45, 7) is 7.69. The standard InChI is InChI=1S/C16H23N5/c1-13(11-20-9-4-3-5-10-20)16-17-12-18-21(16)15-8-6-7-14(2)19-15/h6-8,12-13H,3-5,9-11H2,1-2H3/t13-/m1/s1. The van der Waals surface area contributed by atoms with Crippen LogP contribution in [0.2, 0.25) is 0 Å². The maximum Gasteiger partial charge on any atom is 0.155 e. The van der Waals surface area contributed by atoms with Gasteiger partial charge < -0.3 is 4.90 Å². The molecule has 2 aromatic heterocycles. The molecule has 0 amide bonds. The maximum absolute atomic E-state index is 4.55. The Balaban J connectivity index is 1.78. The minimum Gasteiger partial charge on any atom is -0.303 e. The number of hydrogen-bond donors (Lipinski definition) is 0. The number of nitrogens with zero attached hydrogens (tertiary/aromatic N) is 5. The van der Waals surface area contributed by atoms with Crippen LogP contribution < -0.4 is 0 Å². The zero-order valence-corrected chi connectivity index (χ0v) is 12.9. The molecule has 1 aliphatic heterocycles. The second-order valence-electron chi connectivity index (χ2n) is 5.93. The van der Waals surface area contributed by atoms with Crippen molar-refractivity contribution in [1.29, 1.82) is 0 Å². The van der Waals surface area contributed by atoms with Crippen molar-refractivity contribution < 1.29 is 0 Å². The Morgan fingerprint density at radius 3 is 2.76 bits per heavy atom. The molecule has 0 aliphatic carbocycles. The Bertz CT molecular complexity index is 586. The Morgan fingerprint density at radius 2 is 2.00 bits per heavy atom. The van der Waals surface area contributed by atoms with E-state index < -0.39 is 0 Å². The van der Waals surface area contributed by atoms with Crippen LogP contribution in [0.5, 0.6) is 0 Å². The fourth-order valence-electron chi connectivity index (χ4n) is 3.02. The Hall–Kier alpha value is -1.75. The molecule has 5 heteroatoms.